The van der Waals surface area contributed by atoms with Crippen LogP contribution < -0.4 is 0 Å². The maximum Gasteiger partial charge on any atom is 0.329 e. The van der Waals surface area contributed by atoms with Crippen molar-refractivity contribution in [2.75, 3.05) is 35.0 Å². The third-order valence-corrected chi connectivity index (χ3v) is 5.87. The lowest BCUT2D eigenvalue weighted by Gasteiger charge is -2.61. The lowest BCUT2D eigenvalue weighted by molar-refractivity contribution is -0.314. The predicted octanol–water partition coefficient (Wildman–Crippen LogP) is 0.798. The number of rotatable bonds is 7. The Kier molecular flexibility index (Phi) is 6.17. The van der Waals surface area contributed by atoms with E-state index in [-0.39, 0.29) is 13.0 Å². The van der Waals surface area contributed by atoms with Crippen LogP contribution in [0.1, 0.15) is 19.8 Å². The molecule has 0 saturated heterocycles. The zero-order valence-electron chi connectivity index (χ0n) is 13.8. The number of methoxy groups -OCH3 is 4. The van der Waals surface area contributed by atoms with E-state index >= 15 is 0 Å². The molecule has 1 saturated carbocycles. The van der Waals surface area contributed by atoms with Gasteiger partial charge >= 0.3 is 17.9 Å². The molecule has 1 fully saturated rings. The fourth-order valence-electron chi connectivity index (χ4n) is 2.97. The second-order valence-electron chi connectivity index (χ2n) is 5.04. The Morgan fingerprint density at radius 2 is 1.57 bits per heavy atom. The molecule has 0 aliphatic heterocycles. The minimum atomic E-state index is -1.76. The molecule has 9 heteroatoms. The third-order valence-electron chi connectivity index (χ3n) is 4.18. The molecule has 0 aromatic heterocycles. The number of esters is 3. The van der Waals surface area contributed by atoms with Gasteiger partial charge in [0.15, 0.2) is 10.1 Å². The van der Waals surface area contributed by atoms with E-state index < -0.39 is 39.9 Å². The molecule has 0 aromatic rings. The van der Waals surface area contributed by atoms with Gasteiger partial charge in [0.2, 0.25) is 0 Å². The summed E-state index contributed by atoms with van der Waals surface area (Å²) in [5.41, 5.74) is -1.58. The fraction of sp³-hybridized carbons (Fsp3) is 0.786. The van der Waals surface area contributed by atoms with Crippen LogP contribution in [0.3, 0.4) is 0 Å². The predicted molar refractivity (Wildman–Crippen MR) is 80.7 cm³/mol. The second-order valence-corrected chi connectivity index (χ2v) is 6.23. The minimum absolute atomic E-state index is 0.0746. The van der Waals surface area contributed by atoms with Crippen LogP contribution in [0.15, 0.2) is 0 Å². The summed E-state index contributed by atoms with van der Waals surface area (Å²) < 4.78 is 23.5. The number of hydrogen-bond donors (Lipinski definition) is 0. The van der Waals surface area contributed by atoms with Gasteiger partial charge in [0, 0.05) is 20.6 Å². The first-order valence-corrected chi connectivity index (χ1v) is 7.66. The Bertz CT molecular complexity index is 489. The first-order valence-electron chi connectivity index (χ1n) is 6.86. The van der Waals surface area contributed by atoms with E-state index in [4.69, 9.17) is 18.9 Å². The molecule has 0 unspecified atom stereocenters. The highest BCUT2D eigenvalue weighted by atomic mass is 79.9. The highest BCUT2D eigenvalue weighted by Gasteiger charge is 2.83. The van der Waals surface area contributed by atoms with Crippen molar-refractivity contribution in [2.45, 2.75) is 29.9 Å². The molecule has 2 atom stereocenters. The third kappa shape index (κ3) is 2.64. The van der Waals surface area contributed by atoms with Crippen LogP contribution in [0.2, 0.25) is 0 Å². The highest BCUT2D eigenvalue weighted by Crippen LogP contribution is 2.66. The van der Waals surface area contributed by atoms with Crippen LogP contribution >= 0.6 is 15.9 Å². The molecule has 0 radical (unpaired) electrons. The van der Waals surface area contributed by atoms with Gasteiger partial charge in [-0.3, -0.25) is 14.4 Å². The van der Waals surface area contributed by atoms with E-state index in [1.165, 1.54) is 28.4 Å². The maximum atomic E-state index is 12.6. The lowest BCUT2D eigenvalue weighted by Crippen LogP contribution is -2.80. The molecular formula is C14H21BrO8. The summed E-state index contributed by atoms with van der Waals surface area (Å²) in [6.07, 6.45) is -0.479. The number of ether oxygens (including phenoxy) is 5. The number of alkyl halides is 1. The molecule has 0 bridgehead atoms. The van der Waals surface area contributed by atoms with Crippen LogP contribution in [0.4, 0.5) is 0 Å². The van der Waals surface area contributed by atoms with E-state index in [9.17, 15) is 14.4 Å². The molecule has 1 aliphatic rings. The fourth-order valence-corrected chi connectivity index (χ4v) is 3.99. The Morgan fingerprint density at radius 1 is 1.00 bits per heavy atom. The van der Waals surface area contributed by atoms with Crippen molar-refractivity contribution < 1.29 is 38.1 Å². The van der Waals surface area contributed by atoms with Gasteiger partial charge in [-0.25, -0.2) is 0 Å². The molecule has 0 N–H and O–H groups in total. The summed E-state index contributed by atoms with van der Waals surface area (Å²) in [7, 11) is 5.02. The topological polar surface area (TPSA) is 97.4 Å². The highest BCUT2D eigenvalue weighted by molar-refractivity contribution is 9.10. The van der Waals surface area contributed by atoms with E-state index in [1.807, 2.05) is 0 Å². The smallest absolute Gasteiger partial charge is 0.329 e. The van der Waals surface area contributed by atoms with Gasteiger partial charge in [0.05, 0.1) is 27.2 Å². The summed E-state index contributed by atoms with van der Waals surface area (Å²) in [6.45, 7) is 1.69. The SMILES string of the molecule is CCOC(=O)[C@@]1(Br)C(OC)(OC)C[C@@]1(CC(=O)OC)C(=O)OC. The molecule has 8 nitrogen and oxygen atoms in total. The van der Waals surface area contributed by atoms with E-state index in [0.29, 0.717) is 0 Å². The molecule has 1 rings (SSSR count). The molecule has 0 aromatic carbocycles. The van der Waals surface area contributed by atoms with Gasteiger partial charge in [-0.1, -0.05) is 15.9 Å². The second kappa shape index (κ2) is 7.14. The van der Waals surface area contributed by atoms with Crippen molar-refractivity contribution in [3.63, 3.8) is 0 Å². The first-order chi connectivity index (χ1) is 10.7. The molecule has 1 aliphatic carbocycles. The maximum absolute atomic E-state index is 12.6. The van der Waals surface area contributed by atoms with Crippen molar-refractivity contribution in [2.24, 2.45) is 5.41 Å². The number of carbonyl (C=O) groups is 3. The van der Waals surface area contributed by atoms with Crippen LogP contribution in [0.5, 0.6) is 0 Å². The Labute approximate surface area is 142 Å². The quantitative estimate of drug-likeness (QED) is 0.269. The van der Waals surface area contributed by atoms with Crippen molar-refractivity contribution in [3.05, 3.63) is 0 Å². The van der Waals surface area contributed by atoms with E-state index in [2.05, 4.69) is 20.7 Å². The van der Waals surface area contributed by atoms with Crippen molar-refractivity contribution in [1.29, 1.82) is 0 Å². The van der Waals surface area contributed by atoms with E-state index in [0.717, 1.165) is 0 Å². The molecule has 23 heavy (non-hydrogen) atoms. The van der Waals surface area contributed by atoms with Gasteiger partial charge in [0.1, 0.15) is 5.41 Å². The van der Waals surface area contributed by atoms with E-state index in [1.54, 1.807) is 6.92 Å². The molecular weight excluding hydrogens is 376 g/mol. The van der Waals surface area contributed by atoms with Crippen molar-refractivity contribution in [3.8, 4) is 0 Å². The minimum Gasteiger partial charge on any atom is -0.469 e. The van der Waals surface area contributed by atoms with Crippen molar-refractivity contribution >= 4 is 33.8 Å². The van der Waals surface area contributed by atoms with Gasteiger partial charge < -0.3 is 23.7 Å². The average molecular weight is 397 g/mol. The van der Waals surface area contributed by atoms with Crippen LogP contribution in [-0.4, -0.2) is 63.1 Å². The van der Waals surface area contributed by atoms with Gasteiger partial charge in [-0.15, -0.1) is 0 Å². The average Bonchev–Trinajstić information content (AvgIpc) is 2.56. The first kappa shape index (κ1) is 19.9. The summed E-state index contributed by atoms with van der Waals surface area (Å²) in [5.74, 6) is -3.72. The summed E-state index contributed by atoms with van der Waals surface area (Å²) in [5, 5.41) is 0. The normalized spacial score (nSPS) is 28.4. The Balaban J connectivity index is 3.47. The standard InChI is InChI=1S/C14H21BrO8/c1-6-23-11(18)14(15)12(10(17)20-3,7-9(16)19-2)8-13(14,21-4)22-5/h6-8H2,1-5H3/t12-,14-/m0/s1. The van der Waals surface area contributed by atoms with Crippen LogP contribution in [0, 0.1) is 5.41 Å². The molecule has 0 amide bonds. The number of hydrogen-bond acceptors (Lipinski definition) is 8. The Morgan fingerprint density at radius 3 is 1.96 bits per heavy atom. The zero-order chi connectivity index (χ0) is 17.9. The number of halogens is 1. The van der Waals surface area contributed by atoms with Crippen LogP contribution in [0.25, 0.3) is 0 Å². The molecule has 132 valence electrons. The van der Waals surface area contributed by atoms with Crippen LogP contribution in [-0.2, 0) is 38.1 Å². The monoisotopic (exact) mass is 396 g/mol. The number of carbonyl (C=O) groups excluding carboxylic acids is 3. The summed E-state index contributed by atoms with van der Waals surface area (Å²) in [4.78, 5) is 36.8. The summed E-state index contributed by atoms with van der Waals surface area (Å²) >= 11 is 3.27. The molecule has 0 spiro atoms. The molecule has 0 heterocycles. The van der Waals surface area contributed by atoms with Gasteiger partial charge in [-0.05, 0) is 6.92 Å². The van der Waals surface area contributed by atoms with Gasteiger partial charge in [-0.2, -0.15) is 0 Å². The van der Waals surface area contributed by atoms with Crippen molar-refractivity contribution in [1.82, 2.24) is 0 Å². The summed E-state index contributed by atoms with van der Waals surface area (Å²) in [6, 6.07) is 0. The largest absolute Gasteiger partial charge is 0.469 e. The zero-order valence-corrected chi connectivity index (χ0v) is 15.4. The lowest BCUT2D eigenvalue weighted by atomic mass is 9.53. The Hall–Kier alpha value is -1.19. The van der Waals surface area contributed by atoms with Gasteiger partial charge in [0.25, 0.3) is 0 Å².